The number of H-pyrrole nitrogens is 1. The molecule has 1 fully saturated rings. The third kappa shape index (κ3) is 3.69. The van der Waals surface area contributed by atoms with Crippen LogP contribution < -0.4 is 5.32 Å². The first-order valence-corrected chi connectivity index (χ1v) is 8.26. The number of piperidine rings is 1. The van der Waals surface area contributed by atoms with Gasteiger partial charge < -0.3 is 10.3 Å². The molecule has 3 rings (SSSR count). The van der Waals surface area contributed by atoms with Crippen LogP contribution in [0.15, 0.2) is 30.5 Å². The maximum atomic E-state index is 12.0. The molecule has 1 atom stereocenters. The number of nitrogens with one attached hydrogen (secondary N) is 2. The van der Waals surface area contributed by atoms with Gasteiger partial charge in [0.25, 0.3) is 0 Å². The minimum atomic E-state index is 0.147. The molecule has 1 saturated heterocycles. The second-order valence-electron chi connectivity index (χ2n) is 6.44. The highest BCUT2D eigenvalue weighted by molar-refractivity contribution is 5.83. The maximum absolute atomic E-state index is 12.0. The number of amides is 1. The average Bonchev–Trinajstić information content (AvgIpc) is 2.91. The van der Waals surface area contributed by atoms with Gasteiger partial charge in [-0.05, 0) is 43.4 Å². The number of carbonyl (C=O) groups excluding carboxylic acids is 1. The van der Waals surface area contributed by atoms with E-state index in [2.05, 4.69) is 40.3 Å². The number of likely N-dealkylation sites (tertiary alicyclic amines) is 1. The Morgan fingerprint density at radius 3 is 3.14 bits per heavy atom. The van der Waals surface area contributed by atoms with Crippen molar-refractivity contribution < 1.29 is 4.79 Å². The molecule has 2 N–H and O–H groups in total. The van der Waals surface area contributed by atoms with Crippen molar-refractivity contribution in [3.05, 3.63) is 36.0 Å². The van der Waals surface area contributed by atoms with Crippen molar-refractivity contribution in [2.45, 2.75) is 26.2 Å². The van der Waals surface area contributed by atoms with E-state index in [1.54, 1.807) is 0 Å². The van der Waals surface area contributed by atoms with Gasteiger partial charge in [-0.1, -0.05) is 25.1 Å². The molecule has 118 valence electrons. The second kappa shape index (κ2) is 6.97. The molecular formula is C18H25N3O. The summed E-state index contributed by atoms with van der Waals surface area (Å²) in [5.41, 5.74) is 2.42. The summed E-state index contributed by atoms with van der Waals surface area (Å²) in [5.74, 6) is 0.863. The van der Waals surface area contributed by atoms with Crippen molar-refractivity contribution in [1.82, 2.24) is 15.2 Å². The number of benzene rings is 1. The van der Waals surface area contributed by atoms with Crippen LogP contribution in [-0.4, -0.2) is 42.0 Å². The number of hydrogen-bond donors (Lipinski definition) is 2. The predicted octanol–water partition coefficient (Wildman–Crippen LogP) is 2.56. The third-order valence-electron chi connectivity index (χ3n) is 4.50. The molecule has 0 radical (unpaired) electrons. The Labute approximate surface area is 131 Å². The van der Waals surface area contributed by atoms with E-state index in [1.807, 2.05) is 12.3 Å². The highest BCUT2D eigenvalue weighted by atomic mass is 16.2. The largest absolute Gasteiger partial charge is 0.361 e. The quantitative estimate of drug-likeness (QED) is 0.891. The first-order valence-electron chi connectivity index (χ1n) is 8.26. The first-order chi connectivity index (χ1) is 10.7. The molecule has 0 bridgehead atoms. The Kier molecular flexibility index (Phi) is 4.78. The number of rotatable bonds is 5. The summed E-state index contributed by atoms with van der Waals surface area (Å²) in [7, 11) is 0. The fourth-order valence-corrected chi connectivity index (χ4v) is 3.36. The number of carbonyl (C=O) groups is 1. The minimum absolute atomic E-state index is 0.147. The molecule has 22 heavy (non-hydrogen) atoms. The molecule has 0 saturated carbocycles. The minimum Gasteiger partial charge on any atom is -0.361 e. The lowest BCUT2D eigenvalue weighted by atomic mass is 10.0. The summed E-state index contributed by atoms with van der Waals surface area (Å²) in [6, 6.07) is 8.28. The van der Waals surface area contributed by atoms with Crippen LogP contribution in [0.1, 0.15) is 25.3 Å². The van der Waals surface area contributed by atoms with Gasteiger partial charge in [0, 0.05) is 30.2 Å². The van der Waals surface area contributed by atoms with Crippen LogP contribution in [0.2, 0.25) is 0 Å². The van der Waals surface area contributed by atoms with Crippen molar-refractivity contribution in [1.29, 1.82) is 0 Å². The standard InChI is InChI=1S/C18H25N3O/c1-14-5-4-10-21(12-14)13-18(22)19-9-8-15-11-20-17-7-3-2-6-16(15)17/h2-3,6-7,11,14,20H,4-5,8-10,12-13H2,1H3,(H,19,22). The van der Waals surface area contributed by atoms with Gasteiger partial charge in [0.15, 0.2) is 0 Å². The van der Waals surface area contributed by atoms with E-state index < -0.39 is 0 Å². The molecule has 1 aromatic heterocycles. The Balaban J connectivity index is 1.45. The monoisotopic (exact) mass is 299 g/mol. The van der Waals surface area contributed by atoms with E-state index in [0.717, 1.165) is 25.0 Å². The Morgan fingerprint density at radius 2 is 2.27 bits per heavy atom. The Hall–Kier alpha value is -1.81. The summed E-state index contributed by atoms with van der Waals surface area (Å²) < 4.78 is 0. The molecule has 2 aromatic rings. The lowest BCUT2D eigenvalue weighted by Gasteiger charge is -2.30. The van der Waals surface area contributed by atoms with Crippen LogP contribution in [0, 0.1) is 5.92 Å². The number of para-hydroxylation sites is 1. The molecule has 1 aliphatic heterocycles. The zero-order valence-electron chi connectivity index (χ0n) is 13.3. The van der Waals surface area contributed by atoms with Gasteiger partial charge in [0.1, 0.15) is 0 Å². The number of nitrogens with zero attached hydrogens (tertiary/aromatic N) is 1. The van der Waals surface area contributed by atoms with Crippen LogP contribution in [0.25, 0.3) is 10.9 Å². The molecule has 1 unspecified atom stereocenters. The smallest absolute Gasteiger partial charge is 0.234 e. The van der Waals surface area contributed by atoms with E-state index in [1.165, 1.54) is 23.8 Å². The van der Waals surface area contributed by atoms with Gasteiger partial charge in [0.2, 0.25) is 5.91 Å². The molecule has 0 aliphatic carbocycles. The highest BCUT2D eigenvalue weighted by Crippen LogP contribution is 2.17. The molecule has 1 amide bonds. The molecule has 2 heterocycles. The Morgan fingerprint density at radius 1 is 1.41 bits per heavy atom. The fourth-order valence-electron chi connectivity index (χ4n) is 3.36. The molecule has 1 aromatic carbocycles. The van der Waals surface area contributed by atoms with Gasteiger partial charge in [-0.3, -0.25) is 9.69 Å². The van der Waals surface area contributed by atoms with Gasteiger partial charge in [0.05, 0.1) is 6.54 Å². The van der Waals surface area contributed by atoms with Crippen molar-refractivity contribution in [2.24, 2.45) is 5.92 Å². The van der Waals surface area contributed by atoms with Crippen LogP contribution in [0.3, 0.4) is 0 Å². The van der Waals surface area contributed by atoms with Gasteiger partial charge in [-0.15, -0.1) is 0 Å². The van der Waals surface area contributed by atoms with E-state index in [4.69, 9.17) is 0 Å². The molecular weight excluding hydrogens is 274 g/mol. The van der Waals surface area contributed by atoms with E-state index in [9.17, 15) is 4.79 Å². The van der Waals surface area contributed by atoms with Crippen LogP contribution in [-0.2, 0) is 11.2 Å². The number of hydrogen-bond acceptors (Lipinski definition) is 2. The highest BCUT2D eigenvalue weighted by Gasteiger charge is 2.18. The van der Waals surface area contributed by atoms with Crippen LogP contribution in [0.5, 0.6) is 0 Å². The first kappa shape index (κ1) is 15.1. The lowest BCUT2D eigenvalue weighted by Crippen LogP contribution is -2.42. The normalized spacial score (nSPS) is 19.4. The molecule has 1 aliphatic rings. The summed E-state index contributed by atoms with van der Waals surface area (Å²) >= 11 is 0. The summed E-state index contributed by atoms with van der Waals surface area (Å²) in [6.07, 6.45) is 5.41. The van der Waals surface area contributed by atoms with E-state index in [0.29, 0.717) is 19.0 Å². The van der Waals surface area contributed by atoms with Crippen molar-refractivity contribution in [2.75, 3.05) is 26.2 Å². The summed E-state index contributed by atoms with van der Waals surface area (Å²) in [5, 5.41) is 4.30. The molecule has 0 spiro atoms. The van der Waals surface area contributed by atoms with Gasteiger partial charge in [-0.25, -0.2) is 0 Å². The van der Waals surface area contributed by atoms with Crippen molar-refractivity contribution in [3.8, 4) is 0 Å². The lowest BCUT2D eigenvalue weighted by molar-refractivity contribution is -0.122. The van der Waals surface area contributed by atoms with E-state index >= 15 is 0 Å². The zero-order chi connectivity index (χ0) is 15.4. The fraction of sp³-hybridized carbons (Fsp3) is 0.500. The molecule has 4 nitrogen and oxygen atoms in total. The topological polar surface area (TPSA) is 48.1 Å². The SMILES string of the molecule is CC1CCCN(CC(=O)NCCc2c[nH]c3ccccc23)C1. The summed E-state index contributed by atoms with van der Waals surface area (Å²) in [6.45, 7) is 5.61. The van der Waals surface area contributed by atoms with Crippen molar-refractivity contribution in [3.63, 3.8) is 0 Å². The number of fused-ring (bicyclic) bond motifs is 1. The van der Waals surface area contributed by atoms with Crippen molar-refractivity contribution >= 4 is 16.8 Å². The predicted molar refractivity (Wildman–Crippen MR) is 89.9 cm³/mol. The molecule has 4 heteroatoms. The van der Waals surface area contributed by atoms with E-state index in [-0.39, 0.29) is 5.91 Å². The Bertz CT molecular complexity index is 634. The average molecular weight is 299 g/mol. The second-order valence-corrected chi connectivity index (χ2v) is 6.44. The van der Waals surface area contributed by atoms with Gasteiger partial charge >= 0.3 is 0 Å². The maximum Gasteiger partial charge on any atom is 0.234 e. The number of aromatic nitrogens is 1. The number of aromatic amines is 1. The summed E-state index contributed by atoms with van der Waals surface area (Å²) in [4.78, 5) is 17.6. The van der Waals surface area contributed by atoms with Gasteiger partial charge in [-0.2, -0.15) is 0 Å². The van der Waals surface area contributed by atoms with Crippen LogP contribution >= 0.6 is 0 Å². The third-order valence-corrected chi connectivity index (χ3v) is 4.50. The zero-order valence-corrected chi connectivity index (χ0v) is 13.3. The van der Waals surface area contributed by atoms with Crippen LogP contribution in [0.4, 0.5) is 0 Å².